The zero-order valence-electron chi connectivity index (χ0n) is 9.48. The SMILES string of the molecule is CC(OC(=O)C(=O)CC=O)c1ccc(F)cc1F. The summed E-state index contributed by atoms with van der Waals surface area (Å²) in [6.07, 6.45) is -1.36. The molecule has 0 fully saturated rings. The molecule has 0 aliphatic rings. The largest absolute Gasteiger partial charge is 0.452 e. The van der Waals surface area contributed by atoms with Crippen molar-refractivity contribution in [2.24, 2.45) is 0 Å². The van der Waals surface area contributed by atoms with Crippen LogP contribution in [0.15, 0.2) is 18.2 Å². The first-order chi connectivity index (χ1) is 8.45. The number of benzene rings is 1. The van der Waals surface area contributed by atoms with Gasteiger partial charge in [0.05, 0.1) is 6.42 Å². The zero-order chi connectivity index (χ0) is 13.7. The second-order valence-electron chi connectivity index (χ2n) is 3.51. The van der Waals surface area contributed by atoms with Crippen LogP contribution in [0.1, 0.15) is 25.0 Å². The average molecular weight is 256 g/mol. The van der Waals surface area contributed by atoms with Crippen LogP contribution in [0, 0.1) is 11.6 Å². The molecule has 0 bridgehead atoms. The molecule has 6 heteroatoms. The molecule has 96 valence electrons. The summed E-state index contributed by atoms with van der Waals surface area (Å²) in [7, 11) is 0. The molecule has 18 heavy (non-hydrogen) atoms. The third kappa shape index (κ3) is 3.44. The van der Waals surface area contributed by atoms with Gasteiger partial charge in [0.1, 0.15) is 24.0 Å². The van der Waals surface area contributed by atoms with Crippen molar-refractivity contribution in [1.29, 1.82) is 0 Å². The van der Waals surface area contributed by atoms with Crippen molar-refractivity contribution in [3.05, 3.63) is 35.4 Å². The van der Waals surface area contributed by atoms with Crippen LogP contribution >= 0.6 is 0 Å². The van der Waals surface area contributed by atoms with Gasteiger partial charge in [-0.15, -0.1) is 0 Å². The third-order valence-corrected chi connectivity index (χ3v) is 2.18. The lowest BCUT2D eigenvalue weighted by molar-refractivity contribution is -0.158. The van der Waals surface area contributed by atoms with E-state index in [-0.39, 0.29) is 11.8 Å². The third-order valence-electron chi connectivity index (χ3n) is 2.18. The number of aldehydes is 1. The van der Waals surface area contributed by atoms with E-state index in [1.165, 1.54) is 6.92 Å². The number of Topliss-reactive ketones (excluding diaryl/α,β-unsaturated/α-hetero) is 1. The average Bonchev–Trinajstić information content (AvgIpc) is 2.28. The minimum atomic E-state index is -1.22. The van der Waals surface area contributed by atoms with Gasteiger partial charge in [0.25, 0.3) is 0 Å². The van der Waals surface area contributed by atoms with E-state index in [1.54, 1.807) is 0 Å². The summed E-state index contributed by atoms with van der Waals surface area (Å²) < 4.78 is 30.7. The summed E-state index contributed by atoms with van der Waals surface area (Å²) in [5.74, 6) is -3.87. The highest BCUT2D eigenvalue weighted by Gasteiger charge is 2.20. The van der Waals surface area contributed by atoms with Crippen LogP contribution in [-0.2, 0) is 19.1 Å². The maximum absolute atomic E-state index is 13.3. The Kier molecular flexibility index (Phi) is 4.65. The van der Waals surface area contributed by atoms with Gasteiger partial charge in [-0.05, 0) is 19.1 Å². The number of ether oxygens (including phenoxy) is 1. The van der Waals surface area contributed by atoms with Crippen LogP contribution < -0.4 is 0 Å². The lowest BCUT2D eigenvalue weighted by atomic mass is 10.1. The van der Waals surface area contributed by atoms with Crippen LogP contribution in [0.3, 0.4) is 0 Å². The Morgan fingerprint density at radius 2 is 2.06 bits per heavy atom. The molecule has 0 radical (unpaired) electrons. The van der Waals surface area contributed by atoms with E-state index in [2.05, 4.69) is 4.74 Å². The van der Waals surface area contributed by atoms with Crippen LogP contribution in [0.25, 0.3) is 0 Å². The highest BCUT2D eigenvalue weighted by molar-refractivity contribution is 6.35. The second kappa shape index (κ2) is 6.00. The lowest BCUT2D eigenvalue weighted by Crippen LogP contribution is -2.19. The van der Waals surface area contributed by atoms with Crippen molar-refractivity contribution in [2.75, 3.05) is 0 Å². The maximum atomic E-state index is 13.3. The number of halogens is 2. The highest BCUT2D eigenvalue weighted by atomic mass is 19.1. The maximum Gasteiger partial charge on any atom is 0.375 e. The standard InChI is InChI=1S/C12H10F2O4/c1-7(18-12(17)11(16)4-5-15)9-3-2-8(13)6-10(9)14/h2-3,5-7H,4H2,1H3. The molecule has 0 aliphatic carbocycles. The second-order valence-corrected chi connectivity index (χ2v) is 3.51. The number of carbonyl (C=O) groups is 3. The molecule has 1 atom stereocenters. The molecule has 1 aromatic rings. The van der Waals surface area contributed by atoms with E-state index in [9.17, 15) is 23.2 Å². The summed E-state index contributed by atoms with van der Waals surface area (Å²) in [6.45, 7) is 1.34. The minimum absolute atomic E-state index is 0.0522. The predicted molar refractivity (Wildman–Crippen MR) is 56.6 cm³/mol. The van der Waals surface area contributed by atoms with Crippen LogP contribution in [-0.4, -0.2) is 18.0 Å². The quantitative estimate of drug-likeness (QED) is 0.348. The minimum Gasteiger partial charge on any atom is -0.452 e. The number of ketones is 1. The van der Waals surface area contributed by atoms with Gasteiger partial charge >= 0.3 is 5.97 Å². The Hall–Kier alpha value is -2.11. The van der Waals surface area contributed by atoms with Crippen molar-refractivity contribution in [3.63, 3.8) is 0 Å². The van der Waals surface area contributed by atoms with Gasteiger partial charge in [-0.3, -0.25) is 4.79 Å². The van der Waals surface area contributed by atoms with E-state index in [1.807, 2.05) is 0 Å². The summed E-state index contributed by atoms with van der Waals surface area (Å²) >= 11 is 0. The number of esters is 1. The Morgan fingerprint density at radius 3 is 2.61 bits per heavy atom. The first kappa shape index (κ1) is 14.0. The highest BCUT2D eigenvalue weighted by Crippen LogP contribution is 2.21. The molecule has 1 rings (SSSR count). The van der Waals surface area contributed by atoms with Gasteiger partial charge < -0.3 is 9.53 Å². The van der Waals surface area contributed by atoms with Crippen molar-refractivity contribution in [2.45, 2.75) is 19.4 Å². The Bertz CT molecular complexity index is 485. The summed E-state index contributed by atoms with van der Waals surface area (Å²) in [5, 5.41) is 0. The smallest absolute Gasteiger partial charge is 0.375 e. The molecule has 0 N–H and O–H groups in total. The van der Waals surface area contributed by atoms with Crippen molar-refractivity contribution in [3.8, 4) is 0 Å². The number of carbonyl (C=O) groups excluding carboxylic acids is 3. The van der Waals surface area contributed by atoms with Gasteiger partial charge in [0, 0.05) is 11.6 Å². The first-order valence-corrected chi connectivity index (χ1v) is 5.08. The van der Waals surface area contributed by atoms with Crippen LogP contribution in [0.5, 0.6) is 0 Å². The molecule has 0 spiro atoms. The molecule has 4 nitrogen and oxygen atoms in total. The molecule has 0 amide bonds. The molecule has 0 aliphatic heterocycles. The molecule has 0 heterocycles. The molecule has 0 saturated carbocycles. The van der Waals surface area contributed by atoms with Crippen molar-refractivity contribution >= 4 is 18.0 Å². The number of hydrogen-bond donors (Lipinski definition) is 0. The van der Waals surface area contributed by atoms with Gasteiger partial charge in [0.2, 0.25) is 5.78 Å². The fourth-order valence-electron chi connectivity index (χ4n) is 1.28. The Labute approximate surface area is 102 Å². The number of hydrogen-bond acceptors (Lipinski definition) is 4. The Morgan fingerprint density at radius 1 is 1.39 bits per heavy atom. The monoisotopic (exact) mass is 256 g/mol. The normalized spacial score (nSPS) is 11.7. The molecular formula is C12H10F2O4. The molecule has 1 unspecified atom stereocenters. The van der Waals surface area contributed by atoms with Crippen molar-refractivity contribution < 1.29 is 27.9 Å². The van der Waals surface area contributed by atoms with Gasteiger partial charge in [-0.25, -0.2) is 13.6 Å². The van der Waals surface area contributed by atoms with E-state index < -0.39 is 35.9 Å². The van der Waals surface area contributed by atoms with Gasteiger partial charge in [0.15, 0.2) is 0 Å². The summed E-state index contributed by atoms with van der Waals surface area (Å²) in [4.78, 5) is 32.2. The predicted octanol–water partition coefficient (Wildman–Crippen LogP) is 1.73. The fourth-order valence-corrected chi connectivity index (χ4v) is 1.28. The fraction of sp³-hybridized carbons (Fsp3) is 0.250. The van der Waals surface area contributed by atoms with E-state index in [0.29, 0.717) is 6.07 Å². The lowest BCUT2D eigenvalue weighted by Gasteiger charge is -2.13. The summed E-state index contributed by atoms with van der Waals surface area (Å²) in [6, 6.07) is 2.77. The van der Waals surface area contributed by atoms with E-state index >= 15 is 0 Å². The molecule has 1 aromatic carbocycles. The molecule has 0 aromatic heterocycles. The van der Waals surface area contributed by atoms with Gasteiger partial charge in [-0.1, -0.05) is 0 Å². The summed E-state index contributed by atoms with van der Waals surface area (Å²) in [5.41, 5.74) is -0.0522. The van der Waals surface area contributed by atoms with Gasteiger partial charge in [-0.2, -0.15) is 0 Å². The number of rotatable bonds is 5. The first-order valence-electron chi connectivity index (χ1n) is 5.08. The van der Waals surface area contributed by atoms with E-state index in [4.69, 9.17) is 0 Å². The molecular weight excluding hydrogens is 246 g/mol. The van der Waals surface area contributed by atoms with Crippen LogP contribution in [0.4, 0.5) is 8.78 Å². The Balaban J connectivity index is 2.76. The molecule has 0 saturated heterocycles. The van der Waals surface area contributed by atoms with Crippen LogP contribution in [0.2, 0.25) is 0 Å². The van der Waals surface area contributed by atoms with E-state index in [0.717, 1.165) is 12.1 Å². The van der Waals surface area contributed by atoms with Crippen molar-refractivity contribution in [1.82, 2.24) is 0 Å². The topological polar surface area (TPSA) is 60.4 Å². The zero-order valence-corrected chi connectivity index (χ0v) is 9.48.